The molecular weight excluding hydrogens is 276 g/mol. The molecular formula is C18H28N2O2. The first kappa shape index (κ1) is 16.8. The molecule has 0 spiro atoms. The zero-order valence-corrected chi connectivity index (χ0v) is 14.2. The summed E-state index contributed by atoms with van der Waals surface area (Å²) in [5.74, 6) is 0. The Bertz CT molecular complexity index is 486. The van der Waals surface area contributed by atoms with E-state index in [4.69, 9.17) is 4.74 Å². The van der Waals surface area contributed by atoms with Crippen molar-refractivity contribution in [3.63, 3.8) is 0 Å². The van der Waals surface area contributed by atoms with Gasteiger partial charge in [0.1, 0.15) is 5.60 Å². The lowest BCUT2D eigenvalue weighted by atomic mass is 9.89. The second kappa shape index (κ2) is 6.69. The average molecular weight is 304 g/mol. The summed E-state index contributed by atoms with van der Waals surface area (Å²) >= 11 is 0. The number of carbonyl (C=O) groups is 1. The van der Waals surface area contributed by atoms with Crippen LogP contribution >= 0.6 is 0 Å². The Hall–Kier alpha value is -1.55. The largest absolute Gasteiger partial charge is 0.444 e. The van der Waals surface area contributed by atoms with Crippen LogP contribution in [-0.2, 0) is 11.3 Å². The minimum atomic E-state index is -0.427. The van der Waals surface area contributed by atoms with Crippen LogP contribution in [0.2, 0.25) is 0 Å². The molecule has 0 atom stereocenters. The van der Waals surface area contributed by atoms with E-state index in [2.05, 4.69) is 36.5 Å². The van der Waals surface area contributed by atoms with Crippen molar-refractivity contribution in [2.24, 2.45) is 0 Å². The Labute approximate surface area is 133 Å². The Kier molecular flexibility index (Phi) is 5.12. The number of ether oxygens (including phenoxy) is 1. The van der Waals surface area contributed by atoms with E-state index in [0.717, 1.165) is 32.5 Å². The summed E-state index contributed by atoms with van der Waals surface area (Å²) in [5, 5.41) is 3.64. The molecule has 1 N–H and O–H groups in total. The van der Waals surface area contributed by atoms with Crippen molar-refractivity contribution in [1.29, 1.82) is 0 Å². The zero-order chi connectivity index (χ0) is 16.2. The lowest BCUT2D eigenvalue weighted by Crippen LogP contribution is -2.53. The van der Waals surface area contributed by atoms with Crippen LogP contribution in [0.1, 0.15) is 46.1 Å². The third kappa shape index (κ3) is 5.02. The van der Waals surface area contributed by atoms with Crippen LogP contribution in [0.15, 0.2) is 30.3 Å². The van der Waals surface area contributed by atoms with E-state index in [1.807, 2.05) is 31.7 Å². The fourth-order valence-electron chi connectivity index (χ4n) is 2.60. The molecule has 122 valence electrons. The predicted octanol–water partition coefficient (Wildman–Crippen LogP) is 3.57. The van der Waals surface area contributed by atoms with Gasteiger partial charge in [-0.1, -0.05) is 30.3 Å². The highest BCUT2D eigenvalue weighted by molar-refractivity contribution is 5.68. The molecule has 1 heterocycles. The van der Waals surface area contributed by atoms with Crippen molar-refractivity contribution in [1.82, 2.24) is 10.2 Å². The van der Waals surface area contributed by atoms with Gasteiger partial charge in [0, 0.05) is 25.2 Å². The third-order valence-corrected chi connectivity index (χ3v) is 4.08. The number of carbonyl (C=O) groups excluding carboxylic acids is 1. The second-order valence-electron chi connectivity index (χ2n) is 7.37. The Morgan fingerprint density at radius 2 is 1.82 bits per heavy atom. The first-order valence-electron chi connectivity index (χ1n) is 8.04. The number of rotatable bonds is 3. The van der Waals surface area contributed by atoms with Gasteiger partial charge in [-0.25, -0.2) is 4.79 Å². The molecule has 22 heavy (non-hydrogen) atoms. The summed E-state index contributed by atoms with van der Waals surface area (Å²) in [5.41, 5.74) is 0.941. The summed E-state index contributed by atoms with van der Waals surface area (Å²) in [7, 11) is 0. The minimum Gasteiger partial charge on any atom is -0.444 e. The quantitative estimate of drug-likeness (QED) is 0.928. The van der Waals surface area contributed by atoms with Gasteiger partial charge in [0.05, 0.1) is 0 Å². The van der Waals surface area contributed by atoms with Gasteiger partial charge in [-0.3, -0.25) is 0 Å². The van der Waals surface area contributed by atoms with Crippen LogP contribution in [0.3, 0.4) is 0 Å². The van der Waals surface area contributed by atoms with Crippen LogP contribution in [0.5, 0.6) is 0 Å². The van der Waals surface area contributed by atoms with Gasteiger partial charge in [0.25, 0.3) is 0 Å². The summed E-state index contributed by atoms with van der Waals surface area (Å²) in [6.45, 7) is 10.3. The van der Waals surface area contributed by atoms with Gasteiger partial charge in [0.2, 0.25) is 0 Å². The van der Waals surface area contributed by atoms with Crippen molar-refractivity contribution in [3.8, 4) is 0 Å². The number of hydrogen-bond acceptors (Lipinski definition) is 3. The smallest absolute Gasteiger partial charge is 0.410 e. The zero-order valence-electron chi connectivity index (χ0n) is 14.2. The predicted molar refractivity (Wildman–Crippen MR) is 88.7 cm³/mol. The van der Waals surface area contributed by atoms with Crippen LogP contribution in [0.25, 0.3) is 0 Å². The van der Waals surface area contributed by atoms with E-state index in [1.54, 1.807) is 0 Å². The average Bonchev–Trinajstić information content (AvgIpc) is 2.45. The van der Waals surface area contributed by atoms with Gasteiger partial charge < -0.3 is 15.0 Å². The molecule has 0 radical (unpaired) electrons. The lowest BCUT2D eigenvalue weighted by molar-refractivity contribution is 0.0157. The number of nitrogens with zero attached hydrogens (tertiary/aromatic N) is 1. The van der Waals surface area contributed by atoms with Crippen molar-refractivity contribution in [2.45, 2.75) is 58.2 Å². The van der Waals surface area contributed by atoms with Crippen LogP contribution in [0, 0.1) is 0 Å². The second-order valence-corrected chi connectivity index (χ2v) is 7.37. The van der Waals surface area contributed by atoms with E-state index in [9.17, 15) is 4.79 Å². The Balaban J connectivity index is 1.81. The molecule has 2 rings (SSSR count). The maximum atomic E-state index is 12.1. The topological polar surface area (TPSA) is 41.6 Å². The standard InChI is InChI=1S/C18H28N2O2/c1-17(2,3)22-16(21)20-12-10-18(4,11-13-20)19-14-15-8-6-5-7-9-15/h5-9,19H,10-14H2,1-4H3. The number of piperidine rings is 1. The number of nitrogens with one attached hydrogen (secondary N) is 1. The van der Waals surface area contributed by atoms with Gasteiger partial charge in [-0.05, 0) is 46.1 Å². The van der Waals surface area contributed by atoms with Gasteiger partial charge in [-0.15, -0.1) is 0 Å². The molecule has 1 aromatic carbocycles. The van der Waals surface area contributed by atoms with Crippen molar-refractivity contribution in [3.05, 3.63) is 35.9 Å². The fourth-order valence-corrected chi connectivity index (χ4v) is 2.60. The molecule has 1 aromatic rings. The number of hydrogen-bond donors (Lipinski definition) is 1. The van der Waals surface area contributed by atoms with Gasteiger partial charge in [-0.2, -0.15) is 0 Å². The SMILES string of the molecule is CC1(NCc2ccccc2)CCN(C(=O)OC(C)(C)C)CC1. The molecule has 1 aliphatic rings. The van der Waals surface area contributed by atoms with Gasteiger partial charge in [0.15, 0.2) is 0 Å². The summed E-state index contributed by atoms with van der Waals surface area (Å²) < 4.78 is 5.44. The maximum Gasteiger partial charge on any atom is 0.410 e. The van der Waals surface area contributed by atoms with Crippen molar-refractivity contribution < 1.29 is 9.53 Å². The summed E-state index contributed by atoms with van der Waals surface area (Å²) in [6, 6.07) is 10.4. The molecule has 1 fully saturated rings. The van der Waals surface area contributed by atoms with Crippen LogP contribution < -0.4 is 5.32 Å². The Morgan fingerprint density at radius 1 is 1.23 bits per heavy atom. The molecule has 4 heteroatoms. The first-order valence-corrected chi connectivity index (χ1v) is 8.04. The normalized spacial score (nSPS) is 18.1. The number of amides is 1. The van der Waals surface area contributed by atoms with E-state index in [1.165, 1.54) is 5.56 Å². The highest BCUT2D eigenvalue weighted by Gasteiger charge is 2.33. The molecule has 0 bridgehead atoms. The maximum absolute atomic E-state index is 12.1. The van der Waals surface area contributed by atoms with E-state index in [-0.39, 0.29) is 11.6 Å². The fraction of sp³-hybridized carbons (Fsp3) is 0.611. The van der Waals surface area contributed by atoms with E-state index >= 15 is 0 Å². The van der Waals surface area contributed by atoms with Crippen LogP contribution in [-0.4, -0.2) is 35.2 Å². The van der Waals surface area contributed by atoms with Crippen molar-refractivity contribution >= 4 is 6.09 Å². The van der Waals surface area contributed by atoms with Gasteiger partial charge >= 0.3 is 6.09 Å². The molecule has 0 aliphatic carbocycles. The molecule has 1 aliphatic heterocycles. The molecule has 0 unspecified atom stereocenters. The highest BCUT2D eigenvalue weighted by Crippen LogP contribution is 2.23. The molecule has 1 amide bonds. The number of benzene rings is 1. The minimum absolute atomic E-state index is 0.0777. The first-order chi connectivity index (χ1) is 10.3. The van der Waals surface area contributed by atoms with Crippen LogP contribution in [0.4, 0.5) is 4.79 Å². The third-order valence-electron chi connectivity index (χ3n) is 4.08. The molecule has 1 saturated heterocycles. The summed E-state index contributed by atoms with van der Waals surface area (Å²) in [4.78, 5) is 13.9. The summed E-state index contributed by atoms with van der Waals surface area (Å²) in [6.07, 6.45) is 1.69. The van der Waals surface area contributed by atoms with E-state index in [0.29, 0.717) is 0 Å². The number of likely N-dealkylation sites (tertiary alicyclic amines) is 1. The molecule has 4 nitrogen and oxygen atoms in total. The molecule has 0 saturated carbocycles. The van der Waals surface area contributed by atoms with Crippen molar-refractivity contribution in [2.75, 3.05) is 13.1 Å². The Morgan fingerprint density at radius 3 is 2.36 bits per heavy atom. The molecule has 0 aromatic heterocycles. The van der Waals surface area contributed by atoms with E-state index < -0.39 is 5.60 Å². The highest BCUT2D eigenvalue weighted by atomic mass is 16.6. The monoisotopic (exact) mass is 304 g/mol. The lowest BCUT2D eigenvalue weighted by Gasteiger charge is -2.40.